The lowest BCUT2D eigenvalue weighted by Gasteiger charge is -2.26. The molecule has 11 aromatic carbocycles. The number of hydrogen-bond acceptors (Lipinski definition) is 1. The molecule has 13 rings (SSSR count). The second-order valence-electron chi connectivity index (χ2n) is 19.3. The van der Waals surface area contributed by atoms with Crippen LogP contribution in [0.4, 0.5) is 17.1 Å². The van der Waals surface area contributed by atoms with E-state index in [-0.39, 0.29) is 5.41 Å². The van der Waals surface area contributed by atoms with Gasteiger partial charge in [-0.15, -0.1) is 0 Å². The van der Waals surface area contributed by atoms with Crippen LogP contribution in [0, 0.1) is 0 Å². The Hall–Kier alpha value is -8.98. The van der Waals surface area contributed by atoms with Gasteiger partial charge in [0, 0.05) is 33.2 Å². The first-order valence-corrected chi connectivity index (χ1v) is 24.7. The highest BCUT2D eigenvalue weighted by atomic mass is 15.1. The molecule has 336 valence electrons. The average molecular weight is 907 g/mol. The highest BCUT2D eigenvalue weighted by Gasteiger charge is 2.38. The van der Waals surface area contributed by atoms with E-state index in [1.54, 1.807) is 0 Å². The topological polar surface area (TPSA) is 8.17 Å². The van der Waals surface area contributed by atoms with Crippen molar-refractivity contribution in [3.63, 3.8) is 0 Å². The van der Waals surface area contributed by atoms with E-state index >= 15 is 0 Å². The van der Waals surface area contributed by atoms with E-state index in [2.05, 4.69) is 290 Å². The Morgan fingerprint density at radius 1 is 0.296 bits per heavy atom. The number of hydrogen-bond donors (Lipinski definition) is 0. The van der Waals surface area contributed by atoms with Crippen molar-refractivity contribution < 1.29 is 0 Å². The second kappa shape index (κ2) is 17.2. The van der Waals surface area contributed by atoms with Gasteiger partial charge in [-0.1, -0.05) is 214 Å². The Labute approximate surface area is 416 Å². The van der Waals surface area contributed by atoms with Gasteiger partial charge in [0.2, 0.25) is 0 Å². The van der Waals surface area contributed by atoms with E-state index in [1.165, 1.54) is 105 Å². The Kier molecular flexibility index (Phi) is 10.2. The van der Waals surface area contributed by atoms with Crippen molar-refractivity contribution in [1.82, 2.24) is 4.57 Å². The summed E-state index contributed by atoms with van der Waals surface area (Å²) < 4.78 is 2.54. The molecule has 1 heterocycles. The number of aromatic nitrogens is 1. The van der Waals surface area contributed by atoms with Crippen LogP contribution in [-0.4, -0.2) is 4.57 Å². The van der Waals surface area contributed by atoms with Crippen LogP contribution >= 0.6 is 0 Å². The molecule has 2 heteroatoms. The van der Waals surface area contributed by atoms with Crippen LogP contribution in [0.1, 0.15) is 25.0 Å². The van der Waals surface area contributed by atoms with Gasteiger partial charge >= 0.3 is 0 Å². The molecule has 0 saturated heterocycles. The SMILES string of the molecule is CC1(C)c2ccccc2-c2cccc(-n3c4ccc(-c5ccccc5)cc4c4ccc(-c5cccc(-c6ccc(N(c7ccc(-c8ccccc8)cc7)c7cccc(-c8ccccc8)c7)cc6)c5)cc43)c21. The fourth-order valence-electron chi connectivity index (χ4n) is 11.3. The summed E-state index contributed by atoms with van der Waals surface area (Å²) in [6, 6.07) is 97.7. The van der Waals surface area contributed by atoms with Crippen LogP contribution in [0.3, 0.4) is 0 Å². The molecule has 71 heavy (non-hydrogen) atoms. The smallest absolute Gasteiger partial charge is 0.0547 e. The monoisotopic (exact) mass is 906 g/mol. The largest absolute Gasteiger partial charge is 0.310 e. The lowest BCUT2D eigenvalue weighted by molar-refractivity contribution is 0.656. The van der Waals surface area contributed by atoms with Crippen molar-refractivity contribution in [3.8, 4) is 72.4 Å². The second-order valence-corrected chi connectivity index (χ2v) is 19.3. The van der Waals surface area contributed by atoms with Crippen LogP contribution in [0.15, 0.2) is 267 Å². The fourth-order valence-corrected chi connectivity index (χ4v) is 11.3. The molecular weight excluding hydrogens is 857 g/mol. The van der Waals surface area contributed by atoms with E-state index in [9.17, 15) is 0 Å². The summed E-state index contributed by atoms with van der Waals surface area (Å²) in [6.07, 6.45) is 0. The molecule has 0 atom stereocenters. The summed E-state index contributed by atoms with van der Waals surface area (Å²) in [5.74, 6) is 0. The molecular formula is C69H50N2. The number of benzene rings is 11. The first kappa shape index (κ1) is 42.1. The molecule has 0 unspecified atom stereocenters. The molecule has 1 aromatic heterocycles. The molecule has 1 aliphatic rings. The van der Waals surface area contributed by atoms with Gasteiger partial charge in [0.05, 0.1) is 16.7 Å². The molecule has 2 nitrogen and oxygen atoms in total. The van der Waals surface area contributed by atoms with Crippen LogP contribution in [0.2, 0.25) is 0 Å². The number of rotatable bonds is 9. The highest BCUT2D eigenvalue weighted by Crippen LogP contribution is 2.52. The number of fused-ring (bicyclic) bond motifs is 6. The quantitative estimate of drug-likeness (QED) is 0.140. The van der Waals surface area contributed by atoms with Gasteiger partial charge in [0.1, 0.15) is 0 Å². The molecule has 1 aliphatic carbocycles. The van der Waals surface area contributed by atoms with Gasteiger partial charge in [-0.2, -0.15) is 0 Å². The van der Waals surface area contributed by atoms with Crippen LogP contribution in [-0.2, 0) is 5.41 Å². The minimum atomic E-state index is -0.173. The molecule has 0 bridgehead atoms. The summed E-state index contributed by atoms with van der Waals surface area (Å²) in [5.41, 5.74) is 24.1. The zero-order chi connectivity index (χ0) is 47.5. The normalized spacial score (nSPS) is 12.5. The molecule has 0 aliphatic heterocycles. The third-order valence-electron chi connectivity index (χ3n) is 14.8. The van der Waals surface area contributed by atoms with E-state index in [1.807, 2.05) is 0 Å². The van der Waals surface area contributed by atoms with Gasteiger partial charge in [0.25, 0.3) is 0 Å². The van der Waals surface area contributed by atoms with Gasteiger partial charge in [-0.25, -0.2) is 0 Å². The maximum absolute atomic E-state index is 2.54. The third kappa shape index (κ3) is 7.35. The van der Waals surface area contributed by atoms with Gasteiger partial charge in [-0.05, 0) is 145 Å². The summed E-state index contributed by atoms with van der Waals surface area (Å²) in [5, 5.41) is 2.49. The molecule has 0 spiro atoms. The highest BCUT2D eigenvalue weighted by molar-refractivity contribution is 6.12. The van der Waals surface area contributed by atoms with Crippen molar-refractivity contribution in [3.05, 3.63) is 278 Å². The van der Waals surface area contributed by atoms with Crippen molar-refractivity contribution in [2.45, 2.75) is 19.3 Å². The first-order chi connectivity index (χ1) is 35.0. The molecule has 12 aromatic rings. The van der Waals surface area contributed by atoms with Gasteiger partial charge in [-0.3, -0.25) is 0 Å². The van der Waals surface area contributed by atoms with Crippen molar-refractivity contribution in [2.24, 2.45) is 0 Å². The average Bonchev–Trinajstić information content (AvgIpc) is 3.90. The molecule has 0 fully saturated rings. The Morgan fingerprint density at radius 2 is 0.746 bits per heavy atom. The lowest BCUT2D eigenvalue weighted by Crippen LogP contribution is -2.18. The summed E-state index contributed by atoms with van der Waals surface area (Å²) >= 11 is 0. The lowest BCUT2D eigenvalue weighted by atomic mass is 9.81. The summed E-state index contributed by atoms with van der Waals surface area (Å²) in [7, 11) is 0. The number of nitrogens with zero attached hydrogens (tertiary/aromatic N) is 2. The summed E-state index contributed by atoms with van der Waals surface area (Å²) in [4.78, 5) is 2.36. The van der Waals surface area contributed by atoms with Crippen molar-refractivity contribution >= 4 is 38.9 Å². The Balaban J connectivity index is 0.901. The third-order valence-corrected chi connectivity index (χ3v) is 14.8. The van der Waals surface area contributed by atoms with Gasteiger partial charge in [0.15, 0.2) is 0 Å². The first-order valence-electron chi connectivity index (χ1n) is 24.7. The number of anilines is 3. The molecule has 0 amide bonds. The van der Waals surface area contributed by atoms with Gasteiger partial charge < -0.3 is 9.47 Å². The minimum absolute atomic E-state index is 0.173. The van der Waals surface area contributed by atoms with E-state index in [4.69, 9.17) is 0 Å². The maximum Gasteiger partial charge on any atom is 0.0547 e. The van der Waals surface area contributed by atoms with E-state index < -0.39 is 0 Å². The molecule has 0 saturated carbocycles. The standard InChI is InChI=1S/C69H50N2/c1-69(2)64-29-13-12-27-60(64)62-28-16-30-66(68(62)69)71-65-42-36-55(49-21-10-5-11-22-49)45-63(65)61-41-35-56(46-67(61)71)53-24-14-23-52(43-53)51-33-39-58(40-34-51)70(57-37-31-50(32-38-57)47-17-6-3-7-18-47)59-26-15-25-54(44-59)48-19-8-4-9-20-48/h3-46H,1-2H3. The van der Waals surface area contributed by atoms with E-state index in [0.717, 1.165) is 17.1 Å². The van der Waals surface area contributed by atoms with Crippen molar-refractivity contribution in [1.29, 1.82) is 0 Å². The fraction of sp³-hybridized carbons (Fsp3) is 0.0435. The molecule has 0 radical (unpaired) electrons. The predicted molar refractivity (Wildman–Crippen MR) is 300 cm³/mol. The summed E-state index contributed by atoms with van der Waals surface area (Å²) in [6.45, 7) is 4.77. The zero-order valence-electron chi connectivity index (χ0n) is 39.8. The Morgan fingerprint density at radius 3 is 1.41 bits per heavy atom. The molecule has 0 N–H and O–H groups in total. The predicted octanol–water partition coefficient (Wildman–Crippen LogP) is 18.9. The van der Waals surface area contributed by atoms with Crippen molar-refractivity contribution in [2.75, 3.05) is 4.90 Å². The van der Waals surface area contributed by atoms with E-state index in [0.29, 0.717) is 0 Å². The van der Waals surface area contributed by atoms with Crippen LogP contribution in [0.25, 0.3) is 94.3 Å². The minimum Gasteiger partial charge on any atom is -0.310 e. The van der Waals surface area contributed by atoms with Crippen LogP contribution < -0.4 is 4.90 Å². The maximum atomic E-state index is 2.54. The van der Waals surface area contributed by atoms with Crippen LogP contribution in [0.5, 0.6) is 0 Å². The zero-order valence-corrected chi connectivity index (χ0v) is 39.8. The Bertz CT molecular complexity index is 3920.